The molecule has 1 fully saturated rings. The maximum atomic E-state index is 12.2. The Bertz CT molecular complexity index is 494. The van der Waals surface area contributed by atoms with Crippen LogP contribution in [0.5, 0.6) is 0 Å². The first-order chi connectivity index (χ1) is 10.2. The molecule has 2 N–H and O–H groups in total. The molecule has 1 saturated carbocycles. The number of carbonyl (C=O) groups is 2. The number of rotatable bonds is 4. The smallest absolute Gasteiger partial charge is 0.335 e. The van der Waals surface area contributed by atoms with Crippen molar-refractivity contribution < 1.29 is 14.7 Å². The third kappa shape index (κ3) is 4.85. The number of nitrogens with one attached hydrogen (secondary N) is 1. The molecule has 21 heavy (non-hydrogen) atoms. The van der Waals surface area contributed by atoms with E-state index in [1.807, 2.05) is 0 Å². The lowest BCUT2D eigenvalue weighted by atomic mass is 9.90. The molecule has 2 rings (SSSR count). The molecular formula is C16H22N2O3. The number of nitrogens with zero attached hydrogens (tertiary/aromatic N) is 1. The van der Waals surface area contributed by atoms with Crippen molar-refractivity contribution in [3.05, 3.63) is 29.6 Å². The summed E-state index contributed by atoms with van der Waals surface area (Å²) in [4.78, 5) is 27.2. The number of carboxylic acids is 1. The van der Waals surface area contributed by atoms with Crippen molar-refractivity contribution >= 4 is 11.9 Å². The summed E-state index contributed by atoms with van der Waals surface area (Å²) in [6.45, 7) is 0.288. The molecule has 0 aliphatic heterocycles. The van der Waals surface area contributed by atoms with Crippen molar-refractivity contribution in [3.8, 4) is 0 Å². The van der Waals surface area contributed by atoms with Crippen LogP contribution in [0.1, 0.15) is 61.0 Å². The van der Waals surface area contributed by atoms with Crippen molar-refractivity contribution in [2.24, 2.45) is 5.92 Å². The second-order valence-corrected chi connectivity index (χ2v) is 5.60. The first-order valence-electron chi connectivity index (χ1n) is 7.63. The van der Waals surface area contributed by atoms with Crippen LogP contribution in [0.25, 0.3) is 0 Å². The topological polar surface area (TPSA) is 79.3 Å². The monoisotopic (exact) mass is 290 g/mol. The number of hydrogen-bond donors (Lipinski definition) is 2. The molecule has 0 spiro atoms. The molecule has 1 aromatic heterocycles. The van der Waals surface area contributed by atoms with Gasteiger partial charge in [0.25, 0.3) is 0 Å². The van der Waals surface area contributed by atoms with E-state index in [9.17, 15) is 9.59 Å². The highest BCUT2D eigenvalue weighted by molar-refractivity contribution is 5.87. The van der Waals surface area contributed by atoms with Gasteiger partial charge in [-0.25, -0.2) is 4.79 Å². The van der Waals surface area contributed by atoms with Gasteiger partial charge in [-0.1, -0.05) is 32.1 Å². The Labute approximate surface area is 124 Å². The summed E-state index contributed by atoms with van der Waals surface area (Å²) in [5.41, 5.74) is 0.772. The number of pyridine rings is 1. The predicted octanol–water partition coefficient (Wildman–Crippen LogP) is 2.76. The van der Waals surface area contributed by atoms with Crippen molar-refractivity contribution in [2.45, 2.75) is 51.5 Å². The minimum Gasteiger partial charge on any atom is -0.478 e. The summed E-state index contributed by atoms with van der Waals surface area (Å²) in [5.74, 6) is -0.822. The normalized spacial score (nSPS) is 16.8. The average Bonchev–Trinajstić information content (AvgIpc) is 2.44. The Hall–Kier alpha value is -1.91. The largest absolute Gasteiger partial charge is 0.478 e. The average molecular weight is 290 g/mol. The SMILES string of the molecule is O=C(O)c1ccnc(CNC(=O)C2CCCCCCC2)c1. The van der Waals surface area contributed by atoms with E-state index in [2.05, 4.69) is 10.3 Å². The Morgan fingerprint density at radius 2 is 1.86 bits per heavy atom. The van der Waals surface area contributed by atoms with E-state index < -0.39 is 5.97 Å². The number of hydrogen-bond acceptors (Lipinski definition) is 3. The third-order valence-corrected chi connectivity index (χ3v) is 3.98. The zero-order valence-corrected chi connectivity index (χ0v) is 12.2. The van der Waals surface area contributed by atoms with Gasteiger partial charge in [-0.15, -0.1) is 0 Å². The van der Waals surface area contributed by atoms with Crippen molar-refractivity contribution in [1.29, 1.82) is 0 Å². The molecule has 0 aromatic carbocycles. The summed E-state index contributed by atoms with van der Waals surface area (Å²) in [7, 11) is 0. The van der Waals surface area contributed by atoms with Gasteiger partial charge in [0.2, 0.25) is 5.91 Å². The van der Waals surface area contributed by atoms with Crippen molar-refractivity contribution in [3.63, 3.8) is 0 Å². The second kappa shape index (κ2) is 7.76. The number of carboxylic acid groups (broad SMARTS) is 1. The molecule has 1 aliphatic rings. The summed E-state index contributed by atoms with van der Waals surface area (Å²) in [6.07, 6.45) is 9.30. The van der Waals surface area contributed by atoms with Crippen LogP contribution in [-0.4, -0.2) is 22.0 Å². The zero-order chi connectivity index (χ0) is 15.1. The van der Waals surface area contributed by atoms with E-state index in [0.717, 1.165) is 25.7 Å². The summed E-state index contributed by atoms with van der Waals surface area (Å²) >= 11 is 0. The number of aromatic carboxylic acids is 1. The standard InChI is InChI=1S/C16H22N2O3/c19-15(12-6-4-2-1-3-5-7-12)18-11-14-10-13(16(20)21)8-9-17-14/h8-10,12H,1-7,11H2,(H,18,19)(H,20,21). The lowest BCUT2D eigenvalue weighted by molar-refractivity contribution is -0.125. The van der Waals surface area contributed by atoms with E-state index in [0.29, 0.717) is 5.69 Å². The lowest BCUT2D eigenvalue weighted by Crippen LogP contribution is -2.31. The molecule has 0 bridgehead atoms. The quantitative estimate of drug-likeness (QED) is 0.893. The molecule has 0 radical (unpaired) electrons. The van der Waals surface area contributed by atoms with E-state index >= 15 is 0 Å². The van der Waals surface area contributed by atoms with E-state index in [1.54, 1.807) is 0 Å². The molecule has 1 aliphatic carbocycles. The molecular weight excluding hydrogens is 268 g/mol. The molecule has 114 valence electrons. The molecule has 0 unspecified atom stereocenters. The Morgan fingerprint density at radius 3 is 2.52 bits per heavy atom. The lowest BCUT2D eigenvalue weighted by Gasteiger charge is -2.19. The second-order valence-electron chi connectivity index (χ2n) is 5.60. The third-order valence-electron chi connectivity index (χ3n) is 3.98. The van der Waals surface area contributed by atoms with Crippen LogP contribution in [0.15, 0.2) is 18.3 Å². The molecule has 1 amide bonds. The highest BCUT2D eigenvalue weighted by Gasteiger charge is 2.19. The van der Waals surface area contributed by atoms with Gasteiger partial charge in [-0.3, -0.25) is 9.78 Å². The van der Waals surface area contributed by atoms with Crippen LogP contribution in [-0.2, 0) is 11.3 Å². The van der Waals surface area contributed by atoms with Crippen LogP contribution in [0.4, 0.5) is 0 Å². The van der Waals surface area contributed by atoms with Crippen LogP contribution in [0.2, 0.25) is 0 Å². The number of carbonyl (C=O) groups excluding carboxylic acids is 1. The van der Waals surface area contributed by atoms with Gasteiger partial charge in [0.1, 0.15) is 0 Å². The fraction of sp³-hybridized carbons (Fsp3) is 0.562. The van der Waals surface area contributed by atoms with E-state index in [4.69, 9.17) is 5.11 Å². The Morgan fingerprint density at radius 1 is 1.19 bits per heavy atom. The summed E-state index contributed by atoms with van der Waals surface area (Å²) in [5, 5.41) is 11.8. The fourth-order valence-electron chi connectivity index (χ4n) is 2.75. The van der Waals surface area contributed by atoms with Gasteiger partial charge >= 0.3 is 5.97 Å². The maximum absolute atomic E-state index is 12.2. The first kappa shape index (κ1) is 15.5. The molecule has 5 heteroatoms. The van der Waals surface area contributed by atoms with E-state index in [-0.39, 0.29) is 23.9 Å². The maximum Gasteiger partial charge on any atom is 0.335 e. The molecule has 5 nitrogen and oxygen atoms in total. The van der Waals surface area contributed by atoms with Gasteiger partial charge in [-0.2, -0.15) is 0 Å². The van der Waals surface area contributed by atoms with Crippen molar-refractivity contribution in [1.82, 2.24) is 10.3 Å². The zero-order valence-electron chi connectivity index (χ0n) is 12.2. The summed E-state index contributed by atoms with van der Waals surface area (Å²) < 4.78 is 0. The summed E-state index contributed by atoms with van der Waals surface area (Å²) in [6, 6.07) is 2.95. The Balaban J connectivity index is 1.87. The van der Waals surface area contributed by atoms with E-state index in [1.165, 1.54) is 37.6 Å². The van der Waals surface area contributed by atoms with Crippen molar-refractivity contribution in [2.75, 3.05) is 0 Å². The van der Waals surface area contributed by atoms with Gasteiger partial charge in [-0.05, 0) is 25.0 Å². The number of amides is 1. The van der Waals surface area contributed by atoms with Gasteiger partial charge in [0.05, 0.1) is 17.8 Å². The molecule has 0 saturated heterocycles. The minimum absolute atomic E-state index is 0.0689. The van der Waals surface area contributed by atoms with Gasteiger partial charge in [0.15, 0.2) is 0 Å². The minimum atomic E-state index is -0.981. The Kier molecular flexibility index (Phi) is 5.72. The molecule has 0 atom stereocenters. The fourth-order valence-corrected chi connectivity index (χ4v) is 2.75. The van der Waals surface area contributed by atoms with Gasteiger partial charge in [0, 0.05) is 12.1 Å². The van der Waals surface area contributed by atoms with Crippen LogP contribution < -0.4 is 5.32 Å². The molecule has 1 heterocycles. The number of aromatic nitrogens is 1. The highest BCUT2D eigenvalue weighted by Crippen LogP contribution is 2.22. The van der Waals surface area contributed by atoms with Gasteiger partial charge < -0.3 is 10.4 Å². The highest BCUT2D eigenvalue weighted by atomic mass is 16.4. The van der Waals surface area contributed by atoms with Crippen LogP contribution in [0, 0.1) is 5.92 Å². The first-order valence-corrected chi connectivity index (χ1v) is 7.63. The van der Waals surface area contributed by atoms with Crippen LogP contribution in [0.3, 0.4) is 0 Å². The van der Waals surface area contributed by atoms with Crippen LogP contribution >= 0.6 is 0 Å². The molecule has 1 aromatic rings. The predicted molar refractivity (Wildman–Crippen MR) is 78.9 cm³/mol.